The van der Waals surface area contributed by atoms with Gasteiger partial charge >= 0.3 is 0 Å². The molecule has 3 aromatic rings. The Morgan fingerprint density at radius 1 is 1.18 bits per heavy atom. The van der Waals surface area contributed by atoms with E-state index in [1.165, 1.54) is 0 Å². The number of fused-ring (bicyclic) bond motifs is 1. The Morgan fingerprint density at radius 3 is 3.00 bits per heavy atom. The molecule has 0 saturated carbocycles. The van der Waals surface area contributed by atoms with Crippen LogP contribution in [0.25, 0.3) is 10.7 Å². The maximum absolute atomic E-state index is 12.4. The van der Waals surface area contributed by atoms with Gasteiger partial charge in [0.25, 0.3) is 0 Å². The van der Waals surface area contributed by atoms with Crippen LogP contribution < -0.4 is 10.1 Å². The van der Waals surface area contributed by atoms with Gasteiger partial charge in [-0.05, 0) is 42.3 Å². The van der Waals surface area contributed by atoms with E-state index in [4.69, 9.17) is 9.26 Å². The minimum atomic E-state index is -0.107. The second kappa shape index (κ2) is 9.01. The minimum Gasteiger partial charge on any atom is -0.492 e. The third-order valence-electron chi connectivity index (χ3n) is 4.83. The molecule has 28 heavy (non-hydrogen) atoms. The Morgan fingerprint density at radius 2 is 2.11 bits per heavy atom. The summed E-state index contributed by atoms with van der Waals surface area (Å²) in [6.45, 7) is 1.13. The van der Waals surface area contributed by atoms with Crippen LogP contribution in [0.3, 0.4) is 0 Å². The number of ether oxygens (including phenoxy) is 1. The molecule has 6 nitrogen and oxygen atoms in total. The first kappa shape index (κ1) is 18.7. The number of hydrogen-bond donors (Lipinski definition) is 1. The number of nitrogens with one attached hydrogen (secondary N) is 1. The summed E-state index contributed by atoms with van der Waals surface area (Å²) in [5, 5.41) is 9.05. The molecule has 1 atom stereocenters. The third kappa shape index (κ3) is 4.59. The van der Waals surface area contributed by atoms with Crippen LogP contribution in [0.15, 0.2) is 46.3 Å². The first-order chi connectivity index (χ1) is 13.8. The number of aromatic nitrogens is 2. The molecule has 0 bridgehead atoms. The van der Waals surface area contributed by atoms with E-state index in [1.54, 1.807) is 11.3 Å². The molecule has 0 aliphatic carbocycles. The van der Waals surface area contributed by atoms with Gasteiger partial charge in [-0.1, -0.05) is 35.8 Å². The number of nitrogens with zero attached hydrogens (tertiary/aromatic N) is 2. The summed E-state index contributed by atoms with van der Waals surface area (Å²) in [5.74, 6) is 2.20. The number of carbonyl (C=O) groups excluding carboxylic acids is 1. The summed E-state index contributed by atoms with van der Waals surface area (Å²) < 4.78 is 11.0. The smallest absolute Gasteiger partial charge is 0.226 e. The summed E-state index contributed by atoms with van der Waals surface area (Å²) in [7, 11) is 0. The normalized spacial score (nSPS) is 15.6. The molecule has 0 fully saturated rings. The summed E-state index contributed by atoms with van der Waals surface area (Å²) in [5.41, 5.74) is 1.11. The van der Waals surface area contributed by atoms with Crippen molar-refractivity contribution in [3.8, 4) is 16.5 Å². The molecule has 2 aromatic heterocycles. The topological polar surface area (TPSA) is 77.3 Å². The summed E-state index contributed by atoms with van der Waals surface area (Å²) in [4.78, 5) is 17.8. The Bertz CT molecular complexity index is 907. The lowest BCUT2D eigenvalue weighted by molar-refractivity contribution is -0.126. The maximum Gasteiger partial charge on any atom is 0.226 e. The summed E-state index contributed by atoms with van der Waals surface area (Å²) >= 11 is 1.60. The van der Waals surface area contributed by atoms with Crippen LogP contribution in [0, 0.1) is 5.92 Å². The first-order valence-electron chi connectivity index (χ1n) is 9.64. The average molecular weight is 398 g/mol. The zero-order valence-electron chi connectivity index (χ0n) is 15.6. The van der Waals surface area contributed by atoms with Gasteiger partial charge in [0.2, 0.25) is 17.6 Å². The average Bonchev–Trinajstić information content (AvgIpc) is 3.42. The standard InChI is InChI=1S/C21H23N3O3S/c25-21(16-13-15-7-3-4-8-17(15)26-14-16)22-11-5-1-2-10-19-23-20(24-27-19)18-9-6-12-28-18/h3-4,6-9,12,16H,1-2,5,10-11,13-14H2,(H,22,25). The van der Waals surface area contributed by atoms with Crippen molar-refractivity contribution in [2.45, 2.75) is 32.1 Å². The van der Waals surface area contributed by atoms with Crippen molar-refractivity contribution in [3.63, 3.8) is 0 Å². The van der Waals surface area contributed by atoms with E-state index in [-0.39, 0.29) is 11.8 Å². The number of rotatable bonds is 8. The fourth-order valence-electron chi connectivity index (χ4n) is 3.29. The molecule has 1 aliphatic rings. The molecule has 1 aromatic carbocycles. The SMILES string of the molecule is O=C(NCCCCCc1nc(-c2cccs2)no1)C1COc2ccccc2C1. The van der Waals surface area contributed by atoms with Gasteiger partial charge in [-0.15, -0.1) is 11.3 Å². The quantitative estimate of drug-likeness (QED) is 0.584. The predicted octanol–water partition coefficient (Wildman–Crippen LogP) is 3.88. The number of amides is 1. The van der Waals surface area contributed by atoms with Crippen molar-refractivity contribution in [1.82, 2.24) is 15.5 Å². The molecular weight excluding hydrogens is 374 g/mol. The van der Waals surface area contributed by atoms with Crippen LogP contribution in [-0.4, -0.2) is 29.2 Å². The molecule has 3 heterocycles. The molecule has 7 heteroatoms. The molecule has 146 valence electrons. The monoisotopic (exact) mass is 397 g/mol. The fourth-order valence-corrected chi connectivity index (χ4v) is 3.94. The highest BCUT2D eigenvalue weighted by Crippen LogP contribution is 2.26. The number of unbranched alkanes of at least 4 members (excludes halogenated alkanes) is 2. The molecule has 1 amide bonds. The third-order valence-corrected chi connectivity index (χ3v) is 5.69. The van der Waals surface area contributed by atoms with Crippen molar-refractivity contribution in [3.05, 3.63) is 53.2 Å². The number of carbonyl (C=O) groups is 1. The van der Waals surface area contributed by atoms with Crippen molar-refractivity contribution in [2.75, 3.05) is 13.2 Å². The van der Waals surface area contributed by atoms with Crippen molar-refractivity contribution in [1.29, 1.82) is 0 Å². The lowest BCUT2D eigenvalue weighted by Crippen LogP contribution is -2.37. The molecule has 1 unspecified atom stereocenters. The molecule has 0 spiro atoms. The largest absolute Gasteiger partial charge is 0.492 e. The second-order valence-corrected chi connectivity index (χ2v) is 7.86. The molecule has 1 N–H and O–H groups in total. The van der Waals surface area contributed by atoms with Gasteiger partial charge in [0, 0.05) is 13.0 Å². The van der Waals surface area contributed by atoms with Crippen molar-refractivity contribution in [2.24, 2.45) is 5.92 Å². The number of hydrogen-bond acceptors (Lipinski definition) is 6. The molecule has 0 radical (unpaired) electrons. The molecule has 0 saturated heterocycles. The highest BCUT2D eigenvalue weighted by molar-refractivity contribution is 7.13. The second-order valence-electron chi connectivity index (χ2n) is 6.91. The van der Waals surface area contributed by atoms with E-state index in [1.807, 2.05) is 41.8 Å². The molecular formula is C21H23N3O3S. The number of aryl methyl sites for hydroxylation is 1. The van der Waals surface area contributed by atoms with Gasteiger partial charge in [0.15, 0.2) is 0 Å². The van der Waals surface area contributed by atoms with Gasteiger partial charge in [-0.25, -0.2) is 0 Å². The Balaban J connectivity index is 1.12. The van der Waals surface area contributed by atoms with E-state index >= 15 is 0 Å². The van der Waals surface area contributed by atoms with Gasteiger partial charge in [-0.3, -0.25) is 4.79 Å². The lowest BCUT2D eigenvalue weighted by atomic mass is 9.96. The van der Waals surface area contributed by atoms with Gasteiger partial charge in [-0.2, -0.15) is 4.98 Å². The minimum absolute atomic E-state index is 0.0759. The summed E-state index contributed by atoms with van der Waals surface area (Å²) in [6.07, 6.45) is 4.40. The van der Waals surface area contributed by atoms with Gasteiger partial charge in [0.1, 0.15) is 12.4 Å². The Labute approximate surface area is 167 Å². The van der Waals surface area contributed by atoms with Crippen molar-refractivity contribution >= 4 is 17.2 Å². The van der Waals surface area contributed by atoms with E-state index in [2.05, 4.69) is 15.5 Å². The Kier molecular flexibility index (Phi) is 6.01. The van der Waals surface area contributed by atoms with Crippen LogP contribution in [0.5, 0.6) is 5.75 Å². The number of benzene rings is 1. The van der Waals surface area contributed by atoms with Crippen molar-refractivity contribution < 1.29 is 14.1 Å². The van der Waals surface area contributed by atoms with Crippen LogP contribution in [0.4, 0.5) is 0 Å². The lowest BCUT2D eigenvalue weighted by Gasteiger charge is -2.24. The van der Waals surface area contributed by atoms with Crippen LogP contribution in [-0.2, 0) is 17.6 Å². The Hall–Kier alpha value is -2.67. The highest BCUT2D eigenvalue weighted by atomic mass is 32.1. The summed E-state index contributed by atoms with van der Waals surface area (Å²) in [6, 6.07) is 11.9. The zero-order valence-corrected chi connectivity index (χ0v) is 16.4. The number of thiophene rings is 1. The van der Waals surface area contributed by atoms with Gasteiger partial charge < -0.3 is 14.6 Å². The number of para-hydroxylation sites is 1. The van der Waals surface area contributed by atoms with Crippen LogP contribution in [0.1, 0.15) is 30.7 Å². The highest BCUT2D eigenvalue weighted by Gasteiger charge is 2.25. The van der Waals surface area contributed by atoms with E-state index in [9.17, 15) is 4.79 Å². The van der Waals surface area contributed by atoms with E-state index in [0.717, 1.165) is 48.3 Å². The molecule has 1 aliphatic heterocycles. The van der Waals surface area contributed by atoms with E-state index < -0.39 is 0 Å². The first-order valence-corrected chi connectivity index (χ1v) is 10.5. The van der Waals surface area contributed by atoms with Gasteiger partial charge in [0.05, 0.1) is 10.8 Å². The van der Waals surface area contributed by atoms with Crippen LogP contribution >= 0.6 is 11.3 Å². The predicted molar refractivity (Wildman–Crippen MR) is 107 cm³/mol. The molecule has 4 rings (SSSR count). The van der Waals surface area contributed by atoms with E-state index in [0.29, 0.717) is 24.9 Å². The zero-order chi connectivity index (χ0) is 19.2. The van der Waals surface area contributed by atoms with Crippen LogP contribution in [0.2, 0.25) is 0 Å². The maximum atomic E-state index is 12.4. The fraction of sp³-hybridized carbons (Fsp3) is 0.381.